The highest BCUT2D eigenvalue weighted by atomic mass is 16.6. The number of unbranched alkanes of at least 4 members (excludes halogenated alkanes) is 24. The fourth-order valence-electron chi connectivity index (χ4n) is 6.72. The SMILES string of the molecule is CCCCCCCCCC(=O)OC[C@@H](COC(=O)CCCCCCCCCCCCCCCCC(C)CC)OC(=O)CCCCCCCCC(C)C. The Morgan fingerprint density at radius 2 is 0.731 bits per heavy atom. The smallest absolute Gasteiger partial charge is 0.306 e. The van der Waals surface area contributed by atoms with E-state index in [1.54, 1.807) is 0 Å². The van der Waals surface area contributed by atoms with E-state index >= 15 is 0 Å². The number of hydrogen-bond acceptors (Lipinski definition) is 6. The lowest BCUT2D eigenvalue weighted by Gasteiger charge is -2.18. The van der Waals surface area contributed by atoms with Crippen LogP contribution in [0, 0.1) is 11.8 Å². The minimum absolute atomic E-state index is 0.0661. The van der Waals surface area contributed by atoms with Gasteiger partial charge in [-0.2, -0.15) is 0 Å². The molecule has 0 N–H and O–H groups in total. The third-order valence-corrected chi connectivity index (χ3v) is 10.6. The third kappa shape index (κ3) is 38.1. The molecule has 52 heavy (non-hydrogen) atoms. The fourth-order valence-corrected chi connectivity index (χ4v) is 6.72. The molecule has 6 heteroatoms. The van der Waals surface area contributed by atoms with Crippen molar-refractivity contribution in [3.63, 3.8) is 0 Å². The van der Waals surface area contributed by atoms with E-state index in [2.05, 4.69) is 34.6 Å². The highest BCUT2D eigenvalue weighted by Gasteiger charge is 2.19. The molecular weight excluding hydrogens is 649 g/mol. The fraction of sp³-hybridized carbons (Fsp3) is 0.935. The van der Waals surface area contributed by atoms with Crippen molar-refractivity contribution in [3.8, 4) is 0 Å². The number of ether oxygens (including phenoxy) is 3. The van der Waals surface area contributed by atoms with Crippen LogP contribution in [0.1, 0.15) is 247 Å². The van der Waals surface area contributed by atoms with Crippen LogP contribution in [0.2, 0.25) is 0 Å². The molecule has 308 valence electrons. The molecule has 0 aliphatic carbocycles. The molecule has 0 spiro atoms. The lowest BCUT2D eigenvalue weighted by Crippen LogP contribution is -2.30. The van der Waals surface area contributed by atoms with E-state index in [1.807, 2.05) is 0 Å². The van der Waals surface area contributed by atoms with Crippen LogP contribution in [0.5, 0.6) is 0 Å². The average molecular weight is 737 g/mol. The normalized spacial score (nSPS) is 12.6. The zero-order valence-electron chi connectivity index (χ0n) is 35.4. The van der Waals surface area contributed by atoms with Crippen LogP contribution in [0.25, 0.3) is 0 Å². The van der Waals surface area contributed by atoms with Gasteiger partial charge in [-0.05, 0) is 31.1 Å². The highest BCUT2D eigenvalue weighted by molar-refractivity contribution is 5.71. The first-order chi connectivity index (χ1) is 25.3. The van der Waals surface area contributed by atoms with Crippen molar-refractivity contribution in [1.82, 2.24) is 0 Å². The van der Waals surface area contributed by atoms with Gasteiger partial charge in [0.05, 0.1) is 0 Å². The van der Waals surface area contributed by atoms with E-state index in [0.29, 0.717) is 19.3 Å². The predicted octanol–water partition coefficient (Wildman–Crippen LogP) is 14.2. The van der Waals surface area contributed by atoms with Crippen LogP contribution < -0.4 is 0 Å². The summed E-state index contributed by atoms with van der Waals surface area (Å²) in [5.41, 5.74) is 0. The Morgan fingerprint density at radius 3 is 1.10 bits per heavy atom. The van der Waals surface area contributed by atoms with E-state index in [1.165, 1.54) is 135 Å². The van der Waals surface area contributed by atoms with Gasteiger partial charge >= 0.3 is 17.9 Å². The summed E-state index contributed by atoms with van der Waals surface area (Å²) >= 11 is 0. The number of hydrogen-bond donors (Lipinski definition) is 0. The van der Waals surface area contributed by atoms with Crippen LogP contribution >= 0.6 is 0 Å². The van der Waals surface area contributed by atoms with E-state index in [9.17, 15) is 14.4 Å². The summed E-state index contributed by atoms with van der Waals surface area (Å²) in [6.45, 7) is 11.3. The second-order valence-corrected chi connectivity index (χ2v) is 16.4. The molecule has 1 unspecified atom stereocenters. The maximum atomic E-state index is 12.6. The molecule has 0 bridgehead atoms. The van der Waals surface area contributed by atoms with Crippen molar-refractivity contribution in [1.29, 1.82) is 0 Å². The summed E-state index contributed by atoms with van der Waals surface area (Å²) in [4.78, 5) is 37.5. The van der Waals surface area contributed by atoms with Crippen molar-refractivity contribution in [2.45, 2.75) is 253 Å². The molecule has 2 atom stereocenters. The minimum atomic E-state index is -0.759. The number of rotatable bonds is 40. The molecule has 0 aliphatic heterocycles. The van der Waals surface area contributed by atoms with E-state index in [0.717, 1.165) is 69.6 Å². The zero-order valence-corrected chi connectivity index (χ0v) is 35.4. The molecule has 6 nitrogen and oxygen atoms in total. The topological polar surface area (TPSA) is 78.9 Å². The molecule has 0 amide bonds. The molecule has 0 rings (SSSR count). The Morgan fingerprint density at radius 1 is 0.404 bits per heavy atom. The number of carbonyl (C=O) groups is 3. The monoisotopic (exact) mass is 737 g/mol. The van der Waals surface area contributed by atoms with E-state index in [4.69, 9.17) is 14.2 Å². The van der Waals surface area contributed by atoms with Gasteiger partial charge in [-0.25, -0.2) is 0 Å². The van der Waals surface area contributed by atoms with Gasteiger partial charge in [-0.1, -0.05) is 208 Å². The number of esters is 3. The standard InChI is InChI=1S/C46H88O6/c1-6-8-9-10-19-26-31-36-44(47)50-39-43(52-46(49)38-33-28-23-22-24-29-34-41(3)4)40-51-45(48)37-32-27-21-18-16-14-12-11-13-15-17-20-25-30-35-42(5)7-2/h41-43H,6-40H2,1-5H3/t42?,43-/m0/s1. The van der Waals surface area contributed by atoms with Crippen LogP contribution in [-0.4, -0.2) is 37.2 Å². The van der Waals surface area contributed by atoms with Crippen LogP contribution in [0.15, 0.2) is 0 Å². The molecule has 0 radical (unpaired) electrons. The van der Waals surface area contributed by atoms with Gasteiger partial charge in [-0.15, -0.1) is 0 Å². The highest BCUT2D eigenvalue weighted by Crippen LogP contribution is 2.17. The molecule has 0 aromatic heterocycles. The Bertz CT molecular complexity index is 796. The molecule has 0 aliphatic rings. The summed E-state index contributed by atoms with van der Waals surface area (Å²) in [5.74, 6) is 0.786. The summed E-state index contributed by atoms with van der Waals surface area (Å²) in [7, 11) is 0. The van der Waals surface area contributed by atoms with Gasteiger partial charge in [0.15, 0.2) is 6.10 Å². The Balaban J connectivity index is 4.18. The van der Waals surface area contributed by atoms with Crippen LogP contribution in [-0.2, 0) is 28.6 Å². The molecule has 0 aromatic rings. The second kappa shape index (κ2) is 39.1. The van der Waals surface area contributed by atoms with Gasteiger partial charge < -0.3 is 14.2 Å². The quantitative estimate of drug-likeness (QED) is 0.0354. The molecular formula is C46H88O6. The minimum Gasteiger partial charge on any atom is -0.462 e. The average Bonchev–Trinajstić information content (AvgIpc) is 3.12. The van der Waals surface area contributed by atoms with Gasteiger partial charge in [0.1, 0.15) is 13.2 Å². The molecule has 0 saturated heterocycles. The number of carbonyl (C=O) groups excluding carboxylic acids is 3. The first-order valence-electron chi connectivity index (χ1n) is 22.8. The summed E-state index contributed by atoms with van der Waals surface area (Å²) < 4.78 is 16.6. The lowest BCUT2D eigenvalue weighted by molar-refractivity contribution is -0.167. The molecule has 0 saturated carbocycles. The van der Waals surface area contributed by atoms with Crippen molar-refractivity contribution >= 4 is 17.9 Å². The van der Waals surface area contributed by atoms with Gasteiger partial charge in [0, 0.05) is 19.3 Å². The van der Waals surface area contributed by atoms with E-state index in [-0.39, 0.29) is 31.1 Å². The summed E-state index contributed by atoms with van der Waals surface area (Å²) in [6.07, 6.45) is 36.8. The van der Waals surface area contributed by atoms with Gasteiger partial charge in [0.25, 0.3) is 0 Å². The maximum Gasteiger partial charge on any atom is 0.306 e. The molecule has 0 aromatic carbocycles. The first-order valence-corrected chi connectivity index (χ1v) is 22.8. The Labute approximate surface area is 323 Å². The Hall–Kier alpha value is -1.59. The van der Waals surface area contributed by atoms with Crippen molar-refractivity contribution in [2.75, 3.05) is 13.2 Å². The van der Waals surface area contributed by atoms with Crippen molar-refractivity contribution in [2.24, 2.45) is 11.8 Å². The summed E-state index contributed by atoms with van der Waals surface area (Å²) in [5, 5.41) is 0. The maximum absolute atomic E-state index is 12.6. The Kier molecular flexibility index (Phi) is 37.9. The van der Waals surface area contributed by atoms with Crippen molar-refractivity contribution < 1.29 is 28.6 Å². The largest absolute Gasteiger partial charge is 0.462 e. The lowest BCUT2D eigenvalue weighted by atomic mass is 9.99. The van der Waals surface area contributed by atoms with Crippen LogP contribution in [0.3, 0.4) is 0 Å². The summed E-state index contributed by atoms with van der Waals surface area (Å²) in [6, 6.07) is 0. The van der Waals surface area contributed by atoms with Gasteiger partial charge in [0.2, 0.25) is 0 Å². The first kappa shape index (κ1) is 50.4. The van der Waals surface area contributed by atoms with E-state index < -0.39 is 6.10 Å². The van der Waals surface area contributed by atoms with Crippen LogP contribution in [0.4, 0.5) is 0 Å². The van der Waals surface area contributed by atoms with Crippen molar-refractivity contribution in [3.05, 3.63) is 0 Å². The second-order valence-electron chi connectivity index (χ2n) is 16.4. The zero-order chi connectivity index (χ0) is 38.3. The van der Waals surface area contributed by atoms with Gasteiger partial charge in [-0.3, -0.25) is 14.4 Å². The predicted molar refractivity (Wildman–Crippen MR) is 220 cm³/mol. The molecule has 0 heterocycles. The molecule has 0 fully saturated rings. The third-order valence-electron chi connectivity index (χ3n) is 10.6.